The number of rotatable bonds is 9. The van der Waals surface area contributed by atoms with Crippen LogP contribution in [0.5, 0.6) is 5.75 Å². The number of ketones is 1. The molecule has 0 saturated carbocycles. The number of ether oxygens (including phenoxy) is 2. The molecule has 2 aromatic carbocycles. The summed E-state index contributed by atoms with van der Waals surface area (Å²) in [6, 6.07) is 13.3. The van der Waals surface area contributed by atoms with Gasteiger partial charge < -0.3 is 19.5 Å². The summed E-state index contributed by atoms with van der Waals surface area (Å²) in [4.78, 5) is 30.1. The lowest BCUT2D eigenvalue weighted by Gasteiger charge is -2.29. The summed E-state index contributed by atoms with van der Waals surface area (Å²) in [5.74, 6) is -0.793. The van der Waals surface area contributed by atoms with Crippen LogP contribution in [0.2, 0.25) is 5.02 Å². The third kappa shape index (κ3) is 5.86. The monoisotopic (exact) mass is 498 g/mol. The van der Waals surface area contributed by atoms with Crippen LogP contribution in [-0.4, -0.2) is 72.6 Å². The number of halogens is 1. The number of amides is 1. The zero-order chi connectivity index (χ0) is 24.8. The van der Waals surface area contributed by atoms with Crippen molar-refractivity contribution >= 4 is 29.1 Å². The summed E-state index contributed by atoms with van der Waals surface area (Å²) < 4.78 is 11.0. The second-order valence-corrected chi connectivity index (χ2v) is 9.16. The number of nitrogens with zero attached hydrogens (tertiary/aromatic N) is 2. The van der Waals surface area contributed by atoms with Crippen molar-refractivity contribution in [3.05, 3.63) is 70.3 Å². The number of Topliss-reactive ketones (excluding diaryl/α,β-unsaturated/α-hetero) is 1. The fourth-order valence-corrected chi connectivity index (χ4v) is 4.60. The Bertz CT molecular complexity index is 1060. The largest absolute Gasteiger partial charge is 0.507 e. The normalized spacial score (nSPS) is 20.4. The SMILES string of the molecule is CCCOc1ccc(C(O)=C2C(=O)C(=O)N(CCCN3CCOCC3)[C@@H]2c2ccc(Cl)cc2)cc1. The molecule has 0 radical (unpaired) electrons. The van der Waals surface area contributed by atoms with Crippen LogP contribution in [0.25, 0.3) is 5.76 Å². The van der Waals surface area contributed by atoms with Gasteiger partial charge in [0.05, 0.1) is 31.4 Å². The van der Waals surface area contributed by atoms with Crippen molar-refractivity contribution in [2.24, 2.45) is 0 Å². The Labute approximate surface area is 210 Å². The average Bonchev–Trinajstić information content (AvgIpc) is 3.13. The van der Waals surface area contributed by atoms with Crippen LogP contribution in [0.15, 0.2) is 54.1 Å². The molecule has 0 unspecified atom stereocenters. The number of benzene rings is 2. The molecule has 2 aliphatic rings. The molecule has 2 aromatic rings. The number of carbonyl (C=O) groups excluding carboxylic acids is 2. The lowest BCUT2D eigenvalue weighted by Crippen LogP contribution is -2.38. The third-order valence-electron chi connectivity index (χ3n) is 6.30. The Morgan fingerprint density at radius 2 is 1.74 bits per heavy atom. The van der Waals surface area contributed by atoms with E-state index in [9.17, 15) is 14.7 Å². The highest BCUT2D eigenvalue weighted by molar-refractivity contribution is 6.46. The topological polar surface area (TPSA) is 79.3 Å². The predicted octanol–water partition coefficient (Wildman–Crippen LogP) is 4.27. The summed E-state index contributed by atoms with van der Waals surface area (Å²) >= 11 is 6.09. The van der Waals surface area contributed by atoms with E-state index in [0.717, 1.165) is 31.6 Å². The van der Waals surface area contributed by atoms with Crippen molar-refractivity contribution in [2.45, 2.75) is 25.8 Å². The van der Waals surface area contributed by atoms with Crippen LogP contribution >= 0.6 is 11.6 Å². The molecular formula is C27H31ClN2O5. The molecule has 7 nitrogen and oxygen atoms in total. The quantitative estimate of drug-likeness (QED) is 0.316. The van der Waals surface area contributed by atoms with Gasteiger partial charge in [-0.05, 0) is 54.8 Å². The summed E-state index contributed by atoms with van der Waals surface area (Å²) in [6.07, 6.45) is 1.60. The molecule has 186 valence electrons. The van der Waals surface area contributed by atoms with E-state index in [1.165, 1.54) is 0 Å². The number of aliphatic hydroxyl groups is 1. The standard InChI is InChI=1S/C27H31ClN2O5/c1-2-16-35-22-10-6-20(7-11-22)25(31)23-24(19-4-8-21(28)9-5-19)30(27(33)26(23)32)13-3-12-29-14-17-34-18-15-29/h4-11,24,31H,2-3,12-18H2,1H3/t24-/m1/s1. The zero-order valence-electron chi connectivity index (χ0n) is 19.9. The molecule has 0 aliphatic carbocycles. The minimum atomic E-state index is -0.687. The molecule has 2 saturated heterocycles. The predicted molar refractivity (Wildman–Crippen MR) is 135 cm³/mol. The van der Waals surface area contributed by atoms with Gasteiger partial charge in [0.2, 0.25) is 0 Å². The van der Waals surface area contributed by atoms with Crippen LogP contribution in [0.3, 0.4) is 0 Å². The number of hydrogen-bond donors (Lipinski definition) is 1. The summed E-state index contributed by atoms with van der Waals surface area (Å²) in [7, 11) is 0. The highest BCUT2D eigenvalue weighted by Gasteiger charge is 2.45. The van der Waals surface area contributed by atoms with Gasteiger partial charge in [-0.2, -0.15) is 0 Å². The Morgan fingerprint density at radius 1 is 1.06 bits per heavy atom. The van der Waals surface area contributed by atoms with Crippen molar-refractivity contribution in [3.63, 3.8) is 0 Å². The van der Waals surface area contributed by atoms with Crippen LogP contribution < -0.4 is 4.74 Å². The summed E-state index contributed by atoms with van der Waals surface area (Å²) in [5, 5.41) is 11.8. The maximum absolute atomic E-state index is 13.2. The van der Waals surface area contributed by atoms with E-state index in [2.05, 4.69) is 4.90 Å². The number of hydrogen-bond acceptors (Lipinski definition) is 6. The van der Waals surface area contributed by atoms with Gasteiger partial charge in [-0.3, -0.25) is 14.5 Å². The fourth-order valence-electron chi connectivity index (χ4n) is 4.48. The van der Waals surface area contributed by atoms with Gasteiger partial charge in [0.15, 0.2) is 0 Å². The molecule has 4 rings (SSSR count). The van der Waals surface area contributed by atoms with Gasteiger partial charge in [-0.25, -0.2) is 0 Å². The lowest BCUT2D eigenvalue weighted by molar-refractivity contribution is -0.140. The van der Waals surface area contributed by atoms with Gasteiger partial charge >= 0.3 is 0 Å². The maximum atomic E-state index is 13.2. The van der Waals surface area contributed by atoms with E-state index >= 15 is 0 Å². The molecule has 2 aliphatic heterocycles. The van der Waals surface area contributed by atoms with Gasteiger partial charge in [-0.15, -0.1) is 0 Å². The van der Waals surface area contributed by atoms with Crippen LogP contribution in [-0.2, 0) is 14.3 Å². The van der Waals surface area contributed by atoms with E-state index in [4.69, 9.17) is 21.1 Å². The van der Waals surface area contributed by atoms with Gasteiger partial charge in [0.1, 0.15) is 11.5 Å². The number of carbonyl (C=O) groups is 2. The van der Waals surface area contributed by atoms with Gasteiger partial charge in [0.25, 0.3) is 11.7 Å². The van der Waals surface area contributed by atoms with Crippen LogP contribution in [0.1, 0.15) is 36.9 Å². The van der Waals surface area contributed by atoms with Crippen molar-refractivity contribution in [2.75, 3.05) is 46.0 Å². The second kappa shape index (κ2) is 11.7. The minimum absolute atomic E-state index is 0.0888. The van der Waals surface area contributed by atoms with Crippen molar-refractivity contribution in [1.82, 2.24) is 9.80 Å². The smallest absolute Gasteiger partial charge is 0.295 e. The summed E-state index contributed by atoms with van der Waals surface area (Å²) in [5.41, 5.74) is 1.27. The first kappa shape index (κ1) is 25.2. The van der Waals surface area contributed by atoms with Crippen molar-refractivity contribution in [1.29, 1.82) is 0 Å². The van der Waals surface area contributed by atoms with E-state index in [-0.39, 0.29) is 11.3 Å². The minimum Gasteiger partial charge on any atom is -0.507 e. The Morgan fingerprint density at radius 3 is 2.40 bits per heavy atom. The molecule has 1 N–H and O–H groups in total. The van der Waals surface area contributed by atoms with E-state index in [1.807, 2.05) is 6.92 Å². The molecule has 0 spiro atoms. The highest BCUT2D eigenvalue weighted by atomic mass is 35.5. The molecule has 8 heteroatoms. The highest BCUT2D eigenvalue weighted by Crippen LogP contribution is 2.40. The van der Waals surface area contributed by atoms with Crippen LogP contribution in [0, 0.1) is 0 Å². The molecular weight excluding hydrogens is 468 g/mol. The Hall–Kier alpha value is -2.87. The van der Waals surface area contributed by atoms with Crippen molar-refractivity contribution < 1.29 is 24.2 Å². The van der Waals surface area contributed by atoms with Crippen LogP contribution in [0.4, 0.5) is 0 Å². The summed E-state index contributed by atoms with van der Waals surface area (Å²) in [6.45, 7) is 6.95. The molecule has 35 heavy (non-hydrogen) atoms. The average molecular weight is 499 g/mol. The Kier molecular flexibility index (Phi) is 8.44. The van der Waals surface area contributed by atoms with E-state index in [0.29, 0.717) is 49.1 Å². The first-order chi connectivity index (χ1) is 17.0. The Balaban J connectivity index is 1.63. The second-order valence-electron chi connectivity index (χ2n) is 8.72. The molecule has 2 fully saturated rings. The van der Waals surface area contributed by atoms with E-state index in [1.54, 1.807) is 53.4 Å². The van der Waals surface area contributed by atoms with Crippen molar-refractivity contribution in [3.8, 4) is 5.75 Å². The number of morpholine rings is 1. The lowest BCUT2D eigenvalue weighted by atomic mass is 9.95. The molecule has 0 bridgehead atoms. The zero-order valence-corrected chi connectivity index (χ0v) is 20.7. The number of likely N-dealkylation sites (tertiary alicyclic amines) is 1. The van der Waals surface area contributed by atoms with E-state index < -0.39 is 17.7 Å². The van der Waals surface area contributed by atoms with Gasteiger partial charge in [0, 0.05) is 36.8 Å². The molecule has 1 amide bonds. The fraction of sp³-hybridized carbons (Fsp3) is 0.407. The van der Waals surface area contributed by atoms with Gasteiger partial charge in [-0.1, -0.05) is 30.7 Å². The molecule has 1 atom stereocenters. The third-order valence-corrected chi connectivity index (χ3v) is 6.56. The first-order valence-electron chi connectivity index (χ1n) is 12.1. The molecule has 2 heterocycles. The first-order valence-corrected chi connectivity index (χ1v) is 12.4. The maximum Gasteiger partial charge on any atom is 0.295 e. The number of aliphatic hydroxyl groups excluding tert-OH is 1. The molecule has 0 aromatic heterocycles.